The number of nitrogens with one attached hydrogen (secondary N) is 2. The maximum atomic E-state index is 13.3. The van der Waals surface area contributed by atoms with E-state index < -0.39 is 11.9 Å². The van der Waals surface area contributed by atoms with Gasteiger partial charge in [-0.2, -0.15) is 0 Å². The van der Waals surface area contributed by atoms with E-state index in [9.17, 15) is 24.0 Å². The molecule has 0 saturated carbocycles. The summed E-state index contributed by atoms with van der Waals surface area (Å²) >= 11 is 0. The zero-order chi connectivity index (χ0) is 42.8. The summed E-state index contributed by atoms with van der Waals surface area (Å²) in [5.74, 6) is 6.66. The Morgan fingerprint density at radius 3 is 2.39 bits per heavy atom. The second kappa shape index (κ2) is 19.8. The lowest BCUT2D eigenvalue weighted by Crippen LogP contribution is -2.52. The second-order valence-corrected chi connectivity index (χ2v) is 16.4. The summed E-state index contributed by atoms with van der Waals surface area (Å²) in [6.07, 6.45) is 12.3. The highest BCUT2D eigenvalue weighted by atomic mass is 16.2. The highest BCUT2D eigenvalue weighted by Crippen LogP contribution is 2.28. The van der Waals surface area contributed by atoms with Crippen molar-refractivity contribution in [2.75, 3.05) is 50.7 Å². The van der Waals surface area contributed by atoms with Crippen LogP contribution in [0.3, 0.4) is 0 Å². The van der Waals surface area contributed by atoms with Crippen molar-refractivity contribution in [1.29, 1.82) is 0 Å². The predicted octanol–water partition coefficient (Wildman–Crippen LogP) is 4.21. The Morgan fingerprint density at radius 2 is 1.65 bits per heavy atom. The number of benzene rings is 2. The second-order valence-electron chi connectivity index (χ2n) is 16.4. The quantitative estimate of drug-likeness (QED) is 0.0917. The fourth-order valence-corrected chi connectivity index (χ4v) is 8.53. The molecule has 0 spiro atoms. The molecular weight excluding hydrogens is 783 g/mol. The van der Waals surface area contributed by atoms with E-state index in [4.69, 9.17) is 0 Å². The maximum absolute atomic E-state index is 13.3. The number of imide groups is 1. The Morgan fingerprint density at radius 1 is 0.855 bits per heavy atom. The lowest BCUT2D eigenvalue weighted by atomic mass is 9.91. The van der Waals surface area contributed by atoms with Crippen LogP contribution in [-0.4, -0.2) is 111 Å². The molecule has 62 heavy (non-hydrogen) atoms. The molecule has 4 aliphatic rings. The van der Waals surface area contributed by atoms with Gasteiger partial charge in [-0.25, -0.2) is 0 Å². The number of likely N-dealkylation sites (tertiary alicyclic amines) is 1. The van der Waals surface area contributed by atoms with Gasteiger partial charge in [0.2, 0.25) is 17.7 Å². The van der Waals surface area contributed by atoms with E-state index in [1.165, 1.54) is 5.56 Å². The summed E-state index contributed by atoms with van der Waals surface area (Å²) in [6, 6.07) is 20.6. The van der Waals surface area contributed by atoms with Crippen LogP contribution >= 0.6 is 0 Å². The normalized spacial score (nSPS) is 18.4. The van der Waals surface area contributed by atoms with E-state index in [1.807, 2.05) is 47.4 Å². The number of aromatic nitrogens is 3. The van der Waals surface area contributed by atoms with Gasteiger partial charge in [-0.15, -0.1) is 10.2 Å². The fraction of sp³-hybridized carbons (Fsp3) is 0.375. The number of piperidine rings is 2. The number of hydrogen-bond acceptors (Lipinski definition) is 10. The Bertz CT molecular complexity index is 2360. The molecule has 14 nitrogen and oxygen atoms in total. The largest absolute Gasteiger partial charge is 0.353 e. The van der Waals surface area contributed by atoms with Crippen LogP contribution in [0.25, 0.3) is 6.08 Å². The van der Waals surface area contributed by atoms with Crippen molar-refractivity contribution in [2.45, 2.75) is 64.1 Å². The summed E-state index contributed by atoms with van der Waals surface area (Å²) in [4.78, 5) is 74.6. The highest BCUT2D eigenvalue weighted by Gasteiger charge is 2.39. The molecule has 0 bridgehead atoms. The summed E-state index contributed by atoms with van der Waals surface area (Å²) in [6.45, 7) is 6.60. The molecule has 0 aliphatic carbocycles. The van der Waals surface area contributed by atoms with Gasteiger partial charge >= 0.3 is 0 Å². The van der Waals surface area contributed by atoms with Crippen LogP contribution in [0.1, 0.15) is 93.6 Å². The minimum absolute atomic E-state index is 0.0637. The van der Waals surface area contributed by atoms with E-state index >= 15 is 0 Å². The summed E-state index contributed by atoms with van der Waals surface area (Å²) in [5, 5.41) is 14.1. The molecule has 6 heterocycles. The van der Waals surface area contributed by atoms with Crippen LogP contribution in [0.4, 0.5) is 5.82 Å². The number of pyridine rings is 1. The lowest BCUT2D eigenvalue weighted by molar-refractivity contribution is -0.137. The third kappa shape index (κ3) is 10.6. The van der Waals surface area contributed by atoms with E-state index in [-0.39, 0.29) is 30.0 Å². The third-order valence-corrected chi connectivity index (χ3v) is 12.2. The van der Waals surface area contributed by atoms with Crippen molar-refractivity contribution in [1.82, 2.24) is 40.5 Å². The molecule has 4 aliphatic heterocycles. The number of amides is 5. The summed E-state index contributed by atoms with van der Waals surface area (Å²) < 4.78 is 0. The van der Waals surface area contributed by atoms with Crippen LogP contribution in [0.15, 0.2) is 85.2 Å². The van der Waals surface area contributed by atoms with Crippen LogP contribution in [0.2, 0.25) is 0 Å². The Balaban J connectivity index is 0.725. The summed E-state index contributed by atoms with van der Waals surface area (Å²) in [5.41, 5.74) is 5.47. The Labute approximate surface area is 361 Å². The number of piperazine rings is 1. The lowest BCUT2D eigenvalue weighted by Gasteiger charge is -2.35. The maximum Gasteiger partial charge on any atom is 0.274 e. The van der Waals surface area contributed by atoms with Gasteiger partial charge in [0.1, 0.15) is 6.04 Å². The van der Waals surface area contributed by atoms with Crippen molar-refractivity contribution in [3.8, 4) is 11.8 Å². The molecule has 3 saturated heterocycles. The minimum atomic E-state index is -0.638. The number of nitrogens with zero attached hydrogens (tertiary/aromatic N) is 7. The molecule has 5 amide bonds. The zero-order valence-corrected chi connectivity index (χ0v) is 34.8. The van der Waals surface area contributed by atoms with Gasteiger partial charge in [-0.1, -0.05) is 48.9 Å². The van der Waals surface area contributed by atoms with Gasteiger partial charge in [0.05, 0.1) is 0 Å². The Hall–Kier alpha value is -6.72. The first-order chi connectivity index (χ1) is 30.3. The van der Waals surface area contributed by atoms with Crippen LogP contribution < -0.4 is 15.5 Å². The number of fused-ring (bicyclic) bond motifs is 1. The molecular formula is C48H51N9O5. The van der Waals surface area contributed by atoms with Gasteiger partial charge in [0.25, 0.3) is 11.8 Å². The first-order valence-electron chi connectivity index (χ1n) is 21.6. The highest BCUT2D eigenvalue weighted by molar-refractivity contribution is 6.05. The first kappa shape index (κ1) is 42.0. The standard InChI is InChI=1S/C48H51N9O5/c58-44(18-13-37-5-3-22-49-31-37)50-23-2-1-4-34-20-24-56(25-21-34)48(62)41-15-17-43(53-52-41)55-28-26-54(27-29-55)32-38-10-7-35(8-11-38)6-9-36-12-14-39-33-57(47(61)40(39)30-36)42-16-19-45(59)51-46(42)60/h3,5,7-8,10-15,17-18,22,30-31,34,42H,1-2,4,16,19-21,23-29,32-33H2,(H,50,58)(H,51,59,60)/b18-13+. The van der Waals surface area contributed by atoms with E-state index in [2.05, 4.69) is 59.6 Å². The molecule has 3 fully saturated rings. The molecule has 8 rings (SSSR count). The number of anilines is 1. The van der Waals surface area contributed by atoms with Crippen LogP contribution in [-0.2, 0) is 27.5 Å². The number of rotatable bonds is 12. The van der Waals surface area contributed by atoms with Gasteiger partial charge in [0, 0.05) is 100 Å². The van der Waals surface area contributed by atoms with Crippen molar-refractivity contribution in [3.05, 3.63) is 124 Å². The van der Waals surface area contributed by atoms with E-state index in [0.29, 0.717) is 36.7 Å². The predicted molar refractivity (Wildman–Crippen MR) is 233 cm³/mol. The molecule has 14 heteroatoms. The summed E-state index contributed by atoms with van der Waals surface area (Å²) in [7, 11) is 0. The van der Waals surface area contributed by atoms with Gasteiger partial charge in [0.15, 0.2) is 11.5 Å². The molecule has 2 N–H and O–H groups in total. The van der Waals surface area contributed by atoms with Crippen LogP contribution in [0.5, 0.6) is 0 Å². The molecule has 1 unspecified atom stereocenters. The minimum Gasteiger partial charge on any atom is -0.353 e. The van der Waals surface area contributed by atoms with E-state index in [0.717, 1.165) is 106 Å². The van der Waals surface area contributed by atoms with Gasteiger partial charge in [-0.05, 0) is 96.8 Å². The fourth-order valence-electron chi connectivity index (χ4n) is 8.53. The van der Waals surface area contributed by atoms with Gasteiger partial charge in [-0.3, -0.25) is 39.2 Å². The average molecular weight is 834 g/mol. The number of hydrogen-bond donors (Lipinski definition) is 2. The number of carbonyl (C=O) groups excluding carboxylic acids is 5. The molecule has 4 aromatic rings. The van der Waals surface area contributed by atoms with Crippen molar-refractivity contribution >= 4 is 41.4 Å². The Kier molecular flexibility index (Phi) is 13.4. The average Bonchev–Trinajstić information content (AvgIpc) is 3.63. The number of carbonyl (C=O) groups is 5. The number of unbranched alkanes of at least 4 members (excludes halogenated alkanes) is 1. The molecule has 2 aromatic carbocycles. The van der Waals surface area contributed by atoms with Crippen molar-refractivity contribution in [2.24, 2.45) is 5.92 Å². The smallest absolute Gasteiger partial charge is 0.274 e. The molecule has 1 atom stereocenters. The van der Waals surface area contributed by atoms with Crippen LogP contribution in [0, 0.1) is 17.8 Å². The monoisotopic (exact) mass is 833 g/mol. The van der Waals surface area contributed by atoms with Crippen molar-refractivity contribution in [3.63, 3.8) is 0 Å². The van der Waals surface area contributed by atoms with E-state index in [1.54, 1.807) is 41.6 Å². The SMILES string of the molecule is O=C(/C=C/c1cccnc1)NCCCCC1CCN(C(=O)c2ccc(N3CCN(Cc4ccc(C#Cc5ccc6c(c5)C(=O)N(C5CCC(=O)NC5=O)C6)cc4)CC3)nn2)CC1. The third-order valence-electron chi connectivity index (χ3n) is 12.2. The van der Waals surface area contributed by atoms with Crippen molar-refractivity contribution < 1.29 is 24.0 Å². The van der Waals surface area contributed by atoms with Gasteiger partial charge < -0.3 is 20.0 Å². The molecule has 0 radical (unpaired) electrons. The zero-order valence-electron chi connectivity index (χ0n) is 34.8. The molecule has 2 aromatic heterocycles. The topological polar surface area (TPSA) is 161 Å². The molecule has 318 valence electrons. The first-order valence-corrected chi connectivity index (χ1v) is 21.6.